The summed E-state index contributed by atoms with van der Waals surface area (Å²) in [6, 6.07) is 2.18. The van der Waals surface area contributed by atoms with Gasteiger partial charge < -0.3 is 42.7 Å². The summed E-state index contributed by atoms with van der Waals surface area (Å²) in [4.78, 5) is 49.0. The topological polar surface area (TPSA) is 251 Å². The zero-order chi connectivity index (χ0) is 27.5. The first kappa shape index (κ1) is 26.7. The van der Waals surface area contributed by atoms with Crippen LogP contribution in [0, 0.1) is 11.8 Å². The van der Waals surface area contributed by atoms with E-state index in [0.717, 1.165) is 0 Å². The van der Waals surface area contributed by atoms with Crippen molar-refractivity contribution in [2.75, 3.05) is 14.1 Å². The minimum absolute atomic E-state index is 0.170. The largest absolute Gasteiger partial charge is 0.508 e. The molecule has 11 N–H and O–H groups in total. The maximum Gasteiger partial charge on any atom is 0.309 e. The molecule has 36 heavy (non-hydrogen) atoms. The Hall–Kier alpha value is -3.94. The molecule has 0 spiro atoms. The Morgan fingerprint density at radius 2 is 1.61 bits per heavy atom. The number of carbonyl (C=O) groups is 4. The molecule has 0 unspecified atom stereocenters. The maximum atomic E-state index is 13.7. The van der Waals surface area contributed by atoms with E-state index in [9.17, 15) is 39.9 Å². The number of amides is 3. The Morgan fingerprint density at radius 3 is 2.11 bits per heavy atom. The number of hydrogen-bond donors (Lipinski definition) is 8. The predicted octanol–water partition coefficient (Wildman–Crippen LogP) is -1.35. The third-order valence-corrected chi connectivity index (χ3v) is 7.02. The number of aliphatic hydroxyl groups excluding tert-OH is 2. The van der Waals surface area contributed by atoms with Gasteiger partial charge in [0, 0.05) is 17.4 Å². The summed E-state index contributed by atoms with van der Waals surface area (Å²) in [5.74, 6) is -7.90. The van der Waals surface area contributed by atoms with E-state index in [1.54, 1.807) is 0 Å². The lowest BCUT2D eigenvalue weighted by atomic mass is 9.54. The number of hydrogen-bond acceptors (Lipinski definition) is 10. The highest BCUT2D eigenvalue weighted by atomic mass is 16.3. The Labute approximate surface area is 205 Å². The molecule has 0 radical (unpaired) electrons. The minimum atomic E-state index is -2.75. The van der Waals surface area contributed by atoms with Crippen molar-refractivity contribution in [3.63, 3.8) is 0 Å². The minimum Gasteiger partial charge on any atom is -0.508 e. The molecule has 1 saturated carbocycles. The van der Waals surface area contributed by atoms with Crippen LogP contribution in [0.4, 0.5) is 4.79 Å². The SMILES string of the molecule is CN(C)[C@@H]1C(=O)C(C(N)=O)=C(O)[C@@]2(O)C(=O)C3=C(O)c4c(O)cccc4[C@@](C)(O)[C@H]3C[C@@H]12.NC(N)=O. The van der Waals surface area contributed by atoms with Crippen molar-refractivity contribution >= 4 is 29.3 Å². The molecule has 0 aromatic heterocycles. The first-order valence-electron chi connectivity index (χ1n) is 10.8. The van der Waals surface area contributed by atoms with Crippen molar-refractivity contribution in [1.82, 2.24) is 4.90 Å². The summed E-state index contributed by atoms with van der Waals surface area (Å²) in [6.07, 6.45) is -0.200. The van der Waals surface area contributed by atoms with Crippen LogP contribution in [0.2, 0.25) is 0 Å². The zero-order valence-electron chi connectivity index (χ0n) is 19.7. The maximum absolute atomic E-state index is 13.7. The third kappa shape index (κ3) is 3.59. The van der Waals surface area contributed by atoms with E-state index in [0.29, 0.717) is 0 Å². The number of benzene rings is 1. The molecule has 5 atom stereocenters. The second-order valence-corrected chi connectivity index (χ2v) is 9.36. The van der Waals surface area contributed by atoms with Gasteiger partial charge in [-0.15, -0.1) is 0 Å². The van der Waals surface area contributed by atoms with Crippen molar-refractivity contribution in [3.05, 3.63) is 46.2 Å². The number of urea groups is 1. The molecule has 0 aliphatic heterocycles. The molecule has 1 aromatic rings. The molecule has 0 saturated heterocycles. The van der Waals surface area contributed by atoms with E-state index in [2.05, 4.69) is 11.5 Å². The Bertz CT molecular complexity index is 1250. The smallest absolute Gasteiger partial charge is 0.309 e. The fourth-order valence-corrected chi connectivity index (χ4v) is 5.50. The molecule has 4 rings (SSSR count). The number of aromatic hydroxyl groups is 1. The molecule has 13 heteroatoms. The number of ketones is 2. The van der Waals surface area contributed by atoms with Crippen LogP contribution in [-0.4, -0.2) is 79.7 Å². The van der Waals surface area contributed by atoms with Crippen LogP contribution in [0.15, 0.2) is 35.1 Å². The Morgan fingerprint density at radius 1 is 1.06 bits per heavy atom. The van der Waals surface area contributed by atoms with Gasteiger partial charge in [-0.1, -0.05) is 12.1 Å². The average molecular weight is 504 g/mol. The van der Waals surface area contributed by atoms with Crippen LogP contribution in [-0.2, 0) is 20.0 Å². The molecule has 13 nitrogen and oxygen atoms in total. The van der Waals surface area contributed by atoms with Crippen LogP contribution in [0.1, 0.15) is 24.5 Å². The number of phenols is 1. The van der Waals surface area contributed by atoms with Crippen LogP contribution in [0.25, 0.3) is 5.76 Å². The number of aliphatic hydroxyl groups is 4. The summed E-state index contributed by atoms with van der Waals surface area (Å²) in [7, 11) is 3.01. The summed E-state index contributed by atoms with van der Waals surface area (Å²) in [6.45, 7) is 1.40. The van der Waals surface area contributed by atoms with Gasteiger partial charge in [-0.3, -0.25) is 19.3 Å². The fourth-order valence-electron chi connectivity index (χ4n) is 5.50. The second kappa shape index (κ2) is 8.62. The van der Waals surface area contributed by atoms with Crippen molar-refractivity contribution < 1.29 is 44.7 Å². The molecule has 0 heterocycles. The number of nitrogens with zero attached hydrogens (tertiary/aromatic N) is 1. The highest BCUT2D eigenvalue weighted by Gasteiger charge is 2.66. The number of nitrogens with two attached hydrogens (primary N) is 3. The van der Waals surface area contributed by atoms with Crippen LogP contribution in [0.3, 0.4) is 0 Å². The van der Waals surface area contributed by atoms with Gasteiger partial charge in [0.25, 0.3) is 5.91 Å². The van der Waals surface area contributed by atoms with Crippen LogP contribution >= 0.6 is 0 Å². The highest BCUT2D eigenvalue weighted by Crippen LogP contribution is 2.57. The quantitative estimate of drug-likeness (QED) is 0.220. The number of rotatable bonds is 2. The molecule has 3 amide bonds. The summed E-state index contributed by atoms with van der Waals surface area (Å²) >= 11 is 0. The molecular formula is C23H28N4O9. The number of primary amides is 3. The van der Waals surface area contributed by atoms with Gasteiger partial charge in [0.15, 0.2) is 11.4 Å². The predicted molar refractivity (Wildman–Crippen MR) is 124 cm³/mol. The lowest BCUT2D eigenvalue weighted by Gasteiger charge is -2.53. The molecule has 1 aromatic carbocycles. The van der Waals surface area contributed by atoms with E-state index in [4.69, 9.17) is 10.5 Å². The fraction of sp³-hybridized carbons (Fsp3) is 0.391. The number of carbonyl (C=O) groups excluding carboxylic acids is 4. The summed E-state index contributed by atoms with van der Waals surface area (Å²) in [5, 5.41) is 54.9. The lowest BCUT2D eigenvalue weighted by Crippen LogP contribution is -2.67. The van der Waals surface area contributed by atoms with Gasteiger partial charge in [0.05, 0.1) is 17.2 Å². The van der Waals surface area contributed by atoms with Crippen molar-refractivity contribution in [2.24, 2.45) is 29.0 Å². The normalized spacial score (nSPS) is 31.2. The Balaban J connectivity index is 0.000000840. The number of phenolic OH excluding ortho intramolecular Hbond substituents is 1. The van der Waals surface area contributed by atoms with E-state index in [1.807, 2.05) is 0 Å². The molecule has 0 bridgehead atoms. The van der Waals surface area contributed by atoms with E-state index < -0.39 is 81.0 Å². The second-order valence-electron chi connectivity index (χ2n) is 9.36. The monoisotopic (exact) mass is 504 g/mol. The van der Waals surface area contributed by atoms with Crippen molar-refractivity contribution in [2.45, 2.75) is 30.6 Å². The summed E-state index contributed by atoms with van der Waals surface area (Å²) in [5.41, 5.74) is 7.95. The molecule has 3 aliphatic carbocycles. The molecular weight excluding hydrogens is 476 g/mol. The molecule has 194 valence electrons. The van der Waals surface area contributed by atoms with E-state index in [1.165, 1.54) is 44.1 Å². The number of likely N-dealkylation sites (N-methyl/N-ethyl adjacent to an activating group) is 1. The van der Waals surface area contributed by atoms with Crippen LogP contribution in [0.5, 0.6) is 5.75 Å². The standard InChI is InChI=1S/C22H24N2O8.CH4N2O/c1-21(31)8-5-4-6-11(25)12(8)16(26)13-9(21)7-10-15(24(2)3)17(27)14(20(23)30)19(29)22(10,32)18(13)28;2-1(3)4/h4-6,9-10,15,25-26,29,31-32H,7H2,1-3H3,(H2,23,30);(H4,2,3,4)/t9-,10-,15-,21+,22-;/m0./s1. The van der Waals surface area contributed by atoms with Gasteiger partial charge in [0.1, 0.15) is 22.8 Å². The van der Waals surface area contributed by atoms with Gasteiger partial charge >= 0.3 is 6.03 Å². The average Bonchev–Trinajstić information content (AvgIpc) is 2.73. The summed E-state index contributed by atoms with van der Waals surface area (Å²) < 4.78 is 0. The van der Waals surface area contributed by atoms with Gasteiger partial charge in [-0.05, 0) is 39.1 Å². The van der Waals surface area contributed by atoms with Gasteiger partial charge in [0.2, 0.25) is 5.78 Å². The zero-order valence-corrected chi connectivity index (χ0v) is 19.7. The third-order valence-electron chi connectivity index (χ3n) is 7.02. The van der Waals surface area contributed by atoms with E-state index >= 15 is 0 Å². The molecule has 3 aliphatic rings. The Kier molecular flexibility index (Phi) is 6.38. The van der Waals surface area contributed by atoms with Crippen molar-refractivity contribution in [1.29, 1.82) is 0 Å². The van der Waals surface area contributed by atoms with Crippen LogP contribution < -0.4 is 17.2 Å². The van der Waals surface area contributed by atoms with Gasteiger partial charge in [-0.2, -0.15) is 0 Å². The lowest BCUT2D eigenvalue weighted by molar-refractivity contribution is -0.159. The highest BCUT2D eigenvalue weighted by molar-refractivity contribution is 6.24. The first-order chi connectivity index (χ1) is 16.5. The van der Waals surface area contributed by atoms with E-state index in [-0.39, 0.29) is 17.5 Å². The first-order valence-corrected chi connectivity index (χ1v) is 10.8. The molecule has 1 fully saturated rings. The number of Topliss-reactive ketones (excluding diaryl/α,β-unsaturated/α-hetero) is 2. The van der Waals surface area contributed by atoms with Gasteiger partial charge in [-0.25, -0.2) is 4.79 Å². The van der Waals surface area contributed by atoms with Crippen molar-refractivity contribution in [3.8, 4) is 5.75 Å². The number of fused-ring (bicyclic) bond motifs is 3.